The molecule has 0 radical (unpaired) electrons. The number of para-hydroxylation sites is 1. The molecule has 0 spiro atoms. The van der Waals surface area contributed by atoms with Crippen LogP contribution in [0.1, 0.15) is 10.6 Å². The van der Waals surface area contributed by atoms with E-state index in [9.17, 15) is 4.79 Å². The van der Waals surface area contributed by atoms with Crippen molar-refractivity contribution in [1.82, 2.24) is 4.57 Å². The summed E-state index contributed by atoms with van der Waals surface area (Å²) < 4.78 is 13.4. The standard InChI is InChI=1S/C18H12Cl2N2O3S/c1-22-14-10(19)6-7-11(20)16(14)26-18(22)21-17(23)13-8-9-4-3-5-12(24-2)15(9)25-13/h3-8H,1-2H3. The molecule has 4 aromatic rings. The van der Waals surface area contributed by atoms with Crippen LogP contribution in [0.2, 0.25) is 10.0 Å². The summed E-state index contributed by atoms with van der Waals surface area (Å²) in [5, 5.41) is 1.88. The van der Waals surface area contributed by atoms with Gasteiger partial charge in [0.05, 0.1) is 27.4 Å². The van der Waals surface area contributed by atoms with Crippen molar-refractivity contribution >= 4 is 61.6 Å². The molecule has 4 rings (SSSR count). The molecule has 0 atom stereocenters. The van der Waals surface area contributed by atoms with Crippen molar-refractivity contribution in [2.24, 2.45) is 12.0 Å². The van der Waals surface area contributed by atoms with Crippen LogP contribution in [0.4, 0.5) is 0 Å². The summed E-state index contributed by atoms with van der Waals surface area (Å²) in [7, 11) is 3.34. The number of furan rings is 1. The van der Waals surface area contributed by atoms with Crippen molar-refractivity contribution in [2.75, 3.05) is 7.11 Å². The molecule has 0 saturated carbocycles. The Morgan fingerprint density at radius 3 is 2.73 bits per heavy atom. The smallest absolute Gasteiger partial charge is 0.315 e. The summed E-state index contributed by atoms with van der Waals surface area (Å²) in [5.74, 6) is 0.212. The summed E-state index contributed by atoms with van der Waals surface area (Å²) in [6, 6.07) is 10.5. The topological polar surface area (TPSA) is 56.7 Å². The van der Waals surface area contributed by atoms with E-state index in [4.69, 9.17) is 32.4 Å². The van der Waals surface area contributed by atoms with Crippen molar-refractivity contribution < 1.29 is 13.9 Å². The van der Waals surface area contributed by atoms with Crippen LogP contribution in [0.25, 0.3) is 21.2 Å². The van der Waals surface area contributed by atoms with Crippen LogP contribution in [0, 0.1) is 0 Å². The Morgan fingerprint density at radius 1 is 1.23 bits per heavy atom. The lowest BCUT2D eigenvalue weighted by atomic mass is 10.2. The molecule has 5 nitrogen and oxygen atoms in total. The van der Waals surface area contributed by atoms with E-state index in [0.717, 1.165) is 15.6 Å². The number of nitrogens with zero attached hydrogens (tertiary/aromatic N) is 2. The van der Waals surface area contributed by atoms with Crippen molar-refractivity contribution in [1.29, 1.82) is 0 Å². The number of hydrogen-bond donors (Lipinski definition) is 0. The zero-order valence-electron chi connectivity index (χ0n) is 13.7. The van der Waals surface area contributed by atoms with Gasteiger partial charge in [0.25, 0.3) is 0 Å². The van der Waals surface area contributed by atoms with E-state index in [-0.39, 0.29) is 5.76 Å². The summed E-state index contributed by atoms with van der Waals surface area (Å²) in [6.07, 6.45) is 0. The second-order valence-corrected chi connectivity index (χ2v) is 7.35. The molecule has 0 aliphatic carbocycles. The van der Waals surface area contributed by atoms with Gasteiger partial charge < -0.3 is 13.7 Å². The second kappa shape index (κ2) is 6.46. The number of halogens is 2. The number of benzene rings is 2. The molecular formula is C18H12Cl2N2O3S. The van der Waals surface area contributed by atoms with E-state index in [1.807, 2.05) is 12.1 Å². The monoisotopic (exact) mass is 406 g/mol. The number of fused-ring (bicyclic) bond motifs is 2. The number of hydrogen-bond acceptors (Lipinski definition) is 4. The first kappa shape index (κ1) is 17.1. The lowest BCUT2D eigenvalue weighted by Gasteiger charge is -1.99. The van der Waals surface area contributed by atoms with Crippen LogP contribution >= 0.6 is 34.5 Å². The van der Waals surface area contributed by atoms with E-state index in [1.54, 1.807) is 43.0 Å². The zero-order chi connectivity index (χ0) is 18.4. The molecule has 2 aromatic heterocycles. The minimum Gasteiger partial charge on any atom is -0.493 e. The first-order chi connectivity index (χ1) is 12.5. The van der Waals surface area contributed by atoms with Gasteiger partial charge in [0, 0.05) is 12.4 Å². The van der Waals surface area contributed by atoms with Gasteiger partial charge in [-0.1, -0.05) is 46.7 Å². The Labute approximate surface area is 162 Å². The van der Waals surface area contributed by atoms with Crippen LogP contribution < -0.4 is 9.54 Å². The van der Waals surface area contributed by atoms with Crippen LogP contribution in [-0.4, -0.2) is 17.6 Å². The lowest BCUT2D eigenvalue weighted by Crippen LogP contribution is -2.13. The maximum absolute atomic E-state index is 12.6. The Morgan fingerprint density at radius 2 is 2.00 bits per heavy atom. The Balaban J connectivity index is 1.85. The van der Waals surface area contributed by atoms with Gasteiger partial charge in [0.1, 0.15) is 0 Å². The maximum Gasteiger partial charge on any atom is 0.315 e. The third kappa shape index (κ3) is 2.70. The molecule has 0 saturated heterocycles. The van der Waals surface area contributed by atoms with Gasteiger partial charge >= 0.3 is 5.91 Å². The molecule has 1 amide bonds. The molecule has 0 unspecified atom stereocenters. The van der Waals surface area contributed by atoms with Crippen molar-refractivity contribution in [3.63, 3.8) is 0 Å². The molecule has 26 heavy (non-hydrogen) atoms. The molecule has 8 heteroatoms. The number of ether oxygens (including phenoxy) is 1. The molecule has 0 fully saturated rings. The summed E-state index contributed by atoms with van der Waals surface area (Å²) in [4.78, 5) is 17.3. The van der Waals surface area contributed by atoms with E-state index < -0.39 is 5.91 Å². The van der Waals surface area contributed by atoms with Crippen LogP contribution in [-0.2, 0) is 7.05 Å². The Hall–Kier alpha value is -2.28. The number of carbonyl (C=O) groups excluding carboxylic acids is 1. The summed E-state index contributed by atoms with van der Waals surface area (Å²) in [5.41, 5.74) is 1.25. The predicted octanol–water partition coefficient (Wildman–Crippen LogP) is 5.04. The molecule has 2 aromatic carbocycles. The quantitative estimate of drug-likeness (QED) is 0.468. The fraction of sp³-hybridized carbons (Fsp3) is 0.111. The van der Waals surface area contributed by atoms with E-state index in [0.29, 0.717) is 26.2 Å². The molecule has 0 N–H and O–H groups in total. The largest absolute Gasteiger partial charge is 0.493 e. The number of carbonyl (C=O) groups is 1. The third-order valence-corrected chi connectivity index (χ3v) is 5.88. The number of aryl methyl sites for hydroxylation is 1. The van der Waals surface area contributed by atoms with E-state index in [1.165, 1.54) is 11.3 Å². The van der Waals surface area contributed by atoms with Gasteiger partial charge in [-0.2, -0.15) is 4.99 Å². The van der Waals surface area contributed by atoms with Gasteiger partial charge in [-0.15, -0.1) is 0 Å². The van der Waals surface area contributed by atoms with Gasteiger partial charge in [-0.25, -0.2) is 0 Å². The van der Waals surface area contributed by atoms with Gasteiger partial charge in [0.15, 0.2) is 21.9 Å². The predicted molar refractivity (Wildman–Crippen MR) is 103 cm³/mol. The number of amides is 1. The Kier molecular flexibility index (Phi) is 4.26. The molecule has 0 bridgehead atoms. The van der Waals surface area contributed by atoms with Crippen LogP contribution in [0.15, 0.2) is 45.8 Å². The van der Waals surface area contributed by atoms with Gasteiger partial charge in [-0.05, 0) is 24.3 Å². The molecular weight excluding hydrogens is 395 g/mol. The first-order valence-electron chi connectivity index (χ1n) is 7.58. The lowest BCUT2D eigenvalue weighted by molar-refractivity contribution is 0.0973. The molecule has 0 aliphatic heterocycles. The summed E-state index contributed by atoms with van der Waals surface area (Å²) in [6.45, 7) is 0. The third-order valence-electron chi connectivity index (χ3n) is 3.99. The van der Waals surface area contributed by atoms with Crippen LogP contribution in [0.3, 0.4) is 0 Å². The number of thiazole rings is 1. The first-order valence-corrected chi connectivity index (χ1v) is 9.16. The minimum atomic E-state index is -0.488. The summed E-state index contributed by atoms with van der Waals surface area (Å²) >= 11 is 13.8. The van der Waals surface area contributed by atoms with Crippen molar-refractivity contribution in [3.8, 4) is 5.75 Å². The molecule has 2 heterocycles. The normalized spacial score (nSPS) is 12.2. The number of aromatic nitrogens is 1. The second-order valence-electron chi connectivity index (χ2n) is 5.56. The average molecular weight is 407 g/mol. The van der Waals surface area contributed by atoms with Crippen molar-refractivity contribution in [2.45, 2.75) is 0 Å². The van der Waals surface area contributed by atoms with E-state index in [2.05, 4.69) is 4.99 Å². The molecule has 0 aliphatic rings. The van der Waals surface area contributed by atoms with Crippen LogP contribution in [0.5, 0.6) is 5.75 Å². The Bertz CT molecular complexity index is 1240. The molecule has 132 valence electrons. The average Bonchev–Trinajstić information content (AvgIpc) is 3.21. The highest BCUT2D eigenvalue weighted by atomic mass is 35.5. The minimum absolute atomic E-state index is 0.138. The highest BCUT2D eigenvalue weighted by Gasteiger charge is 2.16. The maximum atomic E-state index is 12.6. The number of methoxy groups -OCH3 is 1. The van der Waals surface area contributed by atoms with E-state index >= 15 is 0 Å². The highest BCUT2D eigenvalue weighted by Crippen LogP contribution is 2.32. The number of rotatable bonds is 2. The zero-order valence-corrected chi connectivity index (χ0v) is 16.1. The fourth-order valence-electron chi connectivity index (χ4n) is 2.73. The van der Waals surface area contributed by atoms with Gasteiger partial charge in [0.2, 0.25) is 0 Å². The van der Waals surface area contributed by atoms with Gasteiger partial charge in [-0.3, -0.25) is 4.79 Å². The van der Waals surface area contributed by atoms with Crippen molar-refractivity contribution in [3.05, 3.63) is 57.0 Å². The SMILES string of the molecule is COc1cccc2cc(C(=O)N=c3sc4c(Cl)ccc(Cl)c4n3C)oc12. The highest BCUT2D eigenvalue weighted by molar-refractivity contribution is 7.17. The fourth-order valence-corrected chi connectivity index (χ4v) is 4.39.